The highest BCUT2D eigenvalue weighted by atomic mass is 15.1. The maximum Gasteiger partial charge on any atom is 0.0995 e. The van der Waals surface area contributed by atoms with Gasteiger partial charge in [-0.1, -0.05) is 112 Å². The topological polar surface area (TPSA) is 36.9 Å². The average molecular weight is 657 g/mol. The second kappa shape index (κ2) is 11.8. The fraction of sp³-hybridized carbons (Fsp3) is 0.0851. The maximum atomic E-state index is 10.6. The first-order valence-corrected chi connectivity index (χ1v) is 17.4. The summed E-state index contributed by atoms with van der Waals surface area (Å²) in [6, 6.07) is 60.6. The largest absolute Gasteiger partial charge is 0.310 e. The Bertz CT molecular complexity index is 2700. The van der Waals surface area contributed by atoms with E-state index in [0.29, 0.717) is 5.56 Å². The molecular formula is C47H36N4. The zero-order chi connectivity index (χ0) is 34.7. The van der Waals surface area contributed by atoms with E-state index in [1.807, 2.05) is 0 Å². The summed E-state index contributed by atoms with van der Waals surface area (Å²) in [5.74, 6) is 0. The molecule has 0 N–H and O–H groups in total. The molecule has 0 amide bonds. The van der Waals surface area contributed by atoms with E-state index in [4.69, 9.17) is 0 Å². The molecule has 0 atom stereocenters. The summed E-state index contributed by atoms with van der Waals surface area (Å²) in [4.78, 5) is 2.31. The third-order valence-corrected chi connectivity index (χ3v) is 10.0. The Morgan fingerprint density at radius 2 is 0.882 bits per heavy atom. The highest BCUT2D eigenvalue weighted by Gasteiger charge is 2.26. The second-order valence-electron chi connectivity index (χ2n) is 14.2. The van der Waals surface area contributed by atoms with Gasteiger partial charge in [0.2, 0.25) is 0 Å². The van der Waals surface area contributed by atoms with Crippen molar-refractivity contribution >= 4 is 60.7 Å². The summed E-state index contributed by atoms with van der Waals surface area (Å²) < 4.78 is 4.74. The van der Waals surface area contributed by atoms with E-state index in [1.165, 1.54) is 10.8 Å². The Hall–Kier alpha value is -6.57. The fourth-order valence-corrected chi connectivity index (χ4v) is 7.79. The molecule has 51 heavy (non-hydrogen) atoms. The van der Waals surface area contributed by atoms with Crippen LogP contribution in [0.15, 0.2) is 164 Å². The van der Waals surface area contributed by atoms with Crippen LogP contribution >= 0.6 is 0 Å². The third-order valence-electron chi connectivity index (χ3n) is 10.0. The smallest absolute Gasteiger partial charge is 0.0995 e. The molecule has 0 saturated heterocycles. The third kappa shape index (κ3) is 4.89. The normalized spacial score (nSPS) is 11.8. The minimum absolute atomic E-state index is 0.245. The van der Waals surface area contributed by atoms with Gasteiger partial charge in [-0.05, 0) is 83.8 Å². The molecule has 0 aliphatic heterocycles. The second-order valence-corrected chi connectivity index (χ2v) is 14.2. The van der Waals surface area contributed by atoms with Crippen LogP contribution in [0.3, 0.4) is 0 Å². The van der Waals surface area contributed by atoms with E-state index in [9.17, 15) is 5.26 Å². The van der Waals surface area contributed by atoms with Crippen molar-refractivity contribution in [3.8, 4) is 17.4 Å². The summed E-state index contributed by atoms with van der Waals surface area (Å²) in [6.45, 7) is 6.56. The van der Waals surface area contributed by atoms with Crippen molar-refractivity contribution < 1.29 is 0 Å². The van der Waals surface area contributed by atoms with Crippen molar-refractivity contribution in [3.63, 3.8) is 0 Å². The first-order chi connectivity index (χ1) is 24.9. The van der Waals surface area contributed by atoms with Crippen molar-refractivity contribution in [1.82, 2.24) is 9.13 Å². The number of rotatable bonds is 5. The lowest BCUT2D eigenvalue weighted by Crippen LogP contribution is -2.16. The van der Waals surface area contributed by atoms with E-state index in [0.717, 1.165) is 66.8 Å². The standard InChI is InChI=1S/C47H36N4/c1-47(2,3)40-30-46(50-41-23-13-10-20-36(41)37-21-11-14-24-42(37)50)45(28-32(40)31-48)51-43-25-15-12-22-38(43)39-29-35(26-27-44(39)51)49(33-16-6-4-7-17-33)34-18-8-5-9-19-34/h4-30H,1-3H3. The number of benzene rings is 7. The summed E-state index contributed by atoms with van der Waals surface area (Å²) in [5, 5.41) is 15.3. The zero-order valence-electron chi connectivity index (χ0n) is 28.9. The molecule has 0 fully saturated rings. The molecule has 4 nitrogen and oxygen atoms in total. The highest BCUT2D eigenvalue weighted by molar-refractivity contribution is 6.12. The number of hydrogen-bond donors (Lipinski definition) is 0. The lowest BCUT2D eigenvalue weighted by Gasteiger charge is -2.26. The van der Waals surface area contributed by atoms with Gasteiger partial charge < -0.3 is 14.0 Å². The predicted molar refractivity (Wildman–Crippen MR) is 213 cm³/mol. The number of aromatic nitrogens is 2. The SMILES string of the molecule is CC(C)(C)c1cc(-n2c3ccccc3c3ccccc32)c(-n2c3ccccc3c3cc(N(c4ccccc4)c4ccccc4)ccc32)cc1C#N. The zero-order valence-corrected chi connectivity index (χ0v) is 28.9. The van der Waals surface area contributed by atoms with Gasteiger partial charge in [-0.2, -0.15) is 5.26 Å². The first-order valence-electron chi connectivity index (χ1n) is 17.4. The molecule has 2 heterocycles. The molecule has 0 saturated carbocycles. The molecule has 0 unspecified atom stereocenters. The summed E-state index contributed by atoms with van der Waals surface area (Å²) in [7, 11) is 0. The van der Waals surface area contributed by atoms with Gasteiger partial charge in [0.05, 0.1) is 45.1 Å². The molecule has 0 radical (unpaired) electrons. The van der Waals surface area contributed by atoms with Gasteiger partial charge in [-0.3, -0.25) is 0 Å². The van der Waals surface area contributed by atoms with E-state index >= 15 is 0 Å². The molecule has 0 bridgehead atoms. The fourth-order valence-electron chi connectivity index (χ4n) is 7.79. The molecule has 4 heteroatoms. The summed E-state index contributed by atoms with van der Waals surface area (Å²) in [5.41, 5.74) is 11.2. The summed E-state index contributed by atoms with van der Waals surface area (Å²) >= 11 is 0. The first kappa shape index (κ1) is 30.5. The highest BCUT2D eigenvalue weighted by Crippen LogP contribution is 2.43. The van der Waals surface area contributed by atoms with Gasteiger partial charge in [-0.25, -0.2) is 0 Å². The lowest BCUT2D eigenvalue weighted by atomic mass is 9.83. The number of nitrogens with zero attached hydrogens (tertiary/aromatic N) is 4. The quantitative estimate of drug-likeness (QED) is 0.185. The van der Waals surface area contributed by atoms with E-state index < -0.39 is 0 Å². The number of para-hydroxylation sites is 5. The van der Waals surface area contributed by atoms with Crippen LogP contribution < -0.4 is 4.90 Å². The monoisotopic (exact) mass is 656 g/mol. The molecule has 0 aliphatic rings. The van der Waals surface area contributed by atoms with Crippen molar-refractivity contribution in [3.05, 3.63) is 175 Å². The van der Waals surface area contributed by atoms with E-state index in [1.54, 1.807) is 0 Å². The maximum absolute atomic E-state index is 10.6. The molecule has 244 valence electrons. The Morgan fingerprint density at radius 1 is 0.451 bits per heavy atom. The average Bonchev–Trinajstić information content (AvgIpc) is 3.67. The number of hydrogen-bond acceptors (Lipinski definition) is 2. The van der Waals surface area contributed by atoms with Crippen LogP contribution in [0.2, 0.25) is 0 Å². The Kier molecular flexibility index (Phi) is 7.05. The molecular weight excluding hydrogens is 621 g/mol. The van der Waals surface area contributed by atoms with Gasteiger partial charge >= 0.3 is 0 Å². The van der Waals surface area contributed by atoms with Crippen molar-refractivity contribution in [1.29, 1.82) is 5.26 Å². The molecule has 9 aromatic rings. The van der Waals surface area contributed by atoms with E-state index in [-0.39, 0.29) is 5.41 Å². The van der Waals surface area contributed by atoms with Crippen LogP contribution in [-0.4, -0.2) is 9.13 Å². The van der Waals surface area contributed by atoms with Crippen molar-refractivity contribution in [2.75, 3.05) is 4.90 Å². The van der Waals surface area contributed by atoms with Gasteiger partial charge in [0.1, 0.15) is 0 Å². The van der Waals surface area contributed by atoms with Crippen LogP contribution in [0.5, 0.6) is 0 Å². The molecule has 9 rings (SSSR count). The van der Waals surface area contributed by atoms with Crippen molar-refractivity contribution in [2.45, 2.75) is 26.2 Å². The van der Waals surface area contributed by atoms with Crippen LogP contribution in [-0.2, 0) is 5.41 Å². The molecule has 2 aromatic heterocycles. The molecule has 7 aromatic carbocycles. The molecule has 0 aliphatic carbocycles. The van der Waals surface area contributed by atoms with Crippen LogP contribution in [0.1, 0.15) is 31.9 Å². The Morgan fingerprint density at radius 3 is 1.37 bits per heavy atom. The minimum Gasteiger partial charge on any atom is -0.310 e. The number of fused-ring (bicyclic) bond motifs is 6. The summed E-state index contributed by atoms with van der Waals surface area (Å²) in [6.07, 6.45) is 0. The Balaban J connectivity index is 1.38. The van der Waals surface area contributed by atoms with Gasteiger partial charge in [0, 0.05) is 38.6 Å². The Labute approximate surface area is 297 Å². The van der Waals surface area contributed by atoms with Gasteiger partial charge in [0.15, 0.2) is 0 Å². The number of nitriles is 1. The van der Waals surface area contributed by atoms with E-state index in [2.05, 4.69) is 205 Å². The van der Waals surface area contributed by atoms with Crippen molar-refractivity contribution in [2.24, 2.45) is 0 Å². The number of anilines is 3. The van der Waals surface area contributed by atoms with Crippen LogP contribution in [0.4, 0.5) is 17.1 Å². The van der Waals surface area contributed by atoms with Gasteiger partial charge in [-0.15, -0.1) is 0 Å². The predicted octanol–water partition coefficient (Wildman–Crippen LogP) is 12.5. The van der Waals surface area contributed by atoms with Crippen LogP contribution in [0.25, 0.3) is 55.0 Å². The minimum atomic E-state index is -0.245. The lowest BCUT2D eigenvalue weighted by molar-refractivity contribution is 0.588. The van der Waals surface area contributed by atoms with Crippen LogP contribution in [0, 0.1) is 11.3 Å². The van der Waals surface area contributed by atoms with Gasteiger partial charge in [0.25, 0.3) is 0 Å². The molecule has 0 spiro atoms.